The van der Waals surface area contributed by atoms with E-state index in [1.165, 1.54) is 0 Å². The van der Waals surface area contributed by atoms with Gasteiger partial charge in [0.2, 0.25) is 0 Å². The molecule has 1 rings (SSSR count). The molecule has 0 bridgehead atoms. The van der Waals surface area contributed by atoms with Gasteiger partial charge in [-0.15, -0.1) is 0 Å². The van der Waals surface area contributed by atoms with E-state index in [4.69, 9.17) is 9.47 Å². The molecule has 0 spiro atoms. The first-order valence-corrected chi connectivity index (χ1v) is 4.37. The Morgan fingerprint density at radius 2 is 2.18 bits per heavy atom. The van der Waals surface area contributed by atoms with Gasteiger partial charge in [-0.2, -0.15) is 0 Å². The molecule has 0 amide bonds. The molecule has 66 valence electrons. The van der Waals surface area contributed by atoms with Gasteiger partial charge < -0.3 is 9.47 Å². The first kappa shape index (κ1) is 9.01. The van der Waals surface area contributed by atoms with E-state index in [-0.39, 0.29) is 5.79 Å². The smallest absolute Gasteiger partial charge is 0.163 e. The Bertz CT molecular complexity index is 132. The van der Waals surface area contributed by atoms with Crippen LogP contribution in [-0.4, -0.2) is 18.5 Å². The minimum Gasteiger partial charge on any atom is -0.348 e. The predicted octanol–water partition coefficient (Wildman–Crippen LogP) is 2.18. The first-order valence-electron chi connectivity index (χ1n) is 4.37. The fourth-order valence-electron chi connectivity index (χ4n) is 1.26. The summed E-state index contributed by atoms with van der Waals surface area (Å²) in [5.41, 5.74) is 0. The maximum Gasteiger partial charge on any atom is 0.163 e. The van der Waals surface area contributed by atoms with E-state index < -0.39 is 0 Å². The summed E-state index contributed by atoms with van der Waals surface area (Å²) in [6.07, 6.45) is 1.46. The van der Waals surface area contributed by atoms with Gasteiger partial charge in [0.05, 0.1) is 12.7 Å². The highest BCUT2D eigenvalue weighted by Crippen LogP contribution is 2.27. The van der Waals surface area contributed by atoms with E-state index in [0.29, 0.717) is 12.0 Å². The summed E-state index contributed by atoms with van der Waals surface area (Å²) >= 11 is 0. The lowest BCUT2D eigenvalue weighted by Crippen LogP contribution is -2.24. The summed E-state index contributed by atoms with van der Waals surface area (Å²) < 4.78 is 11.1. The summed E-state index contributed by atoms with van der Waals surface area (Å²) in [5, 5.41) is 0. The molecular formula is C9H18O2. The van der Waals surface area contributed by atoms with Crippen molar-refractivity contribution in [2.45, 2.75) is 46.0 Å². The lowest BCUT2D eigenvalue weighted by molar-refractivity contribution is -0.143. The number of hydrogen-bond donors (Lipinski definition) is 0. The summed E-state index contributed by atoms with van der Waals surface area (Å²) in [6.45, 7) is 9.07. The van der Waals surface area contributed by atoms with Crippen molar-refractivity contribution in [3.8, 4) is 0 Å². The second kappa shape index (κ2) is 3.11. The van der Waals surface area contributed by atoms with Crippen molar-refractivity contribution in [3.63, 3.8) is 0 Å². The van der Waals surface area contributed by atoms with E-state index in [1.807, 2.05) is 13.8 Å². The highest BCUT2D eigenvalue weighted by molar-refractivity contribution is 4.74. The minimum absolute atomic E-state index is 0.301. The van der Waals surface area contributed by atoms with Crippen LogP contribution >= 0.6 is 0 Å². The van der Waals surface area contributed by atoms with Gasteiger partial charge in [0.1, 0.15) is 0 Å². The van der Waals surface area contributed by atoms with Crippen molar-refractivity contribution in [3.05, 3.63) is 0 Å². The third-order valence-corrected chi connectivity index (χ3v) is 2.31. The summed E-state index contributed by atoms with van der Waals surface area (Å²) in [5.74, 6) is 0.255. The van der Waals surface area contributed by atoms with Crippen LogP contribution in [0.3, 0.4) is 0 Å². The Morgan fingerprint density at radius 3 is 2.55 bits per heavy atom. The van der Waals surface area contributed by atoms with Crippen LogP contribution in [0.5, 0.6) is 0 Å². The average Bonchev–Trinajstić information content (AvgIpc) is 2.29. The van der Waals surface area contributed by atoms with E-state index in [2.05, 4.69) is 13.8 Å². The Kier molecular flexibility index (Phi) is 2.55. The summed E-state index contributed by atoms with van der Waals surface area (Å²) in [6, 6.07) is 0. The van der Waals surface area contributed by atoms with Gasteiger partial charge in [-0.25, -0.2) is 0 Å². The van der Waals surface area contributed by atoms with Crippen LogP contribution in [-0.2, 0) is 9.47 Å². The van der Waals surface area contributed by atoms with E-state index >= 15 is 0 Å². The Hall–Kier alpha value is -0.0800. The van der Waals surface area contributed by atoms with Gasteiger partial charge in [0.15, 0.2) is 5.79 Å². The zero-order valence-corrected chi connectivity index (χ0v) is 7.89. The molecule has 2 atom stereocenters. The molecule has 0 aliphatic carbocycles. The van der Waals surface area contributed by atoms with Crippen LogP contribution in [0.1, 0.15) is 34.1 Å². The molecule has 2 heteroatoms. The number of rotatable bonds is 2. The highest BCUT2D eigenvalue weighted by Gasteiger charge is 2.34. The van der Waals surface area contributed by atoms with Gasteiger partial charge in [0, 0.05) is 0 Å². The van der Waals surface area contributed by atoms with Gasteiger partial charge in [-0.1, -0.05) is 20.3 Å². The van der Waals surface area contributed by atoms with Crippen molar-refractivity contribution in [1.29, 1.82) is 0 Å². The largest absolute Gasteiger partial charge is 0.348 e. The third kappa shape index (κ3) is 2.17. The third-order valence-electron chi connectivity index (χ3n) is 2.31. The molecule has 0 aromatic rings. The Labute approximate surface area is 68.9 Å². The van der Waals surface area contributed by atoms with Crippen LogP contribution in [0.4, 0.5) is 0 Å². The normalized spacial score (nSPS) is 32.2. The molecule has 0 saturated carbocycles. The second-order valence-corrected chi connectivity index (χ2v) is 3.75. The molecule has 1 saturated heterocycles. The van der Waals surface area contributed by atoms with Crippen molar-refractivity contribution < 1.29 is 9.47 Å². The Balaban J connectivity index is 2.41. The lowest BCUT2D eigenvalue weighted by atomic mass is 10.0. The van der Waals surface area contributed by atoms with E-state index in [0.717, 1.165) is 13.0 Å². The van der Waals surface area contributed by atoms with Gasteiger partial charge >= 0.3 is 0 Å². The SMILES string of the molecule is CC[C@H](C)[C@@H]1COC(C)(C)O1. The van der Waals surface area contributed by atoms with Gasteiger partial charge in [0.25, 0.3) is 0 Å². The summed E-state index contributed by atoms with van der Waals surface area (Å²) in [7, 11) is 0. The molecule has 1 aliphatic rings. The van der Waals surface area contributed by atoms with Crippen LogP contribution in [0.15, 0.2) is 0 Å². The standard InChI is InChI=1S/C9H18O2/c1-5-7(2)8-6-10-9(3,4)11-8/h7-8H,5-6H2,1-4H3/t7-,8-/m0/s1. The van der Waals surface area contributed by atoms with Crippen molar-refractivity contribution in [2.24, 2.45) is 5.92 Å². The zero-order chi connectivity index (χ0) is 8.48. The fourth-order valence-corrected chi connectivity index (χ4v) is 1.26. The lowest BCUT2D eigenvalue weighted by Gasteiger charge is -2.19. The number of hydrogen-bond acceptors (Lipinski definition) is 2. The van der Waals surface area contributed by atoms with Crippen molar-refractivity contribution >= 4 is 0 Å². The number of ether oxygens (including phenoxy) is 2. The molecule has 11 heavy (non-hydrogen) atoms. The average molecular weight is 158 g/mol. The minimum atomic E-state index is -0.353. The molecule has 0 aromatic carbocycles. The van der Waals surface area contributed by atoms with Gasteiger partial charge in [-0.05, 0) is 19.8 Å². The molecule has 0 unspecified atom stereocenters. The molecule has 0 N–H and O–H groups in total. The molecule has 1 heterocycles. The van der Waals surface area contributed by atoms with E-state index in [9.17, 15) is 0 Å². The fraction of sp³-hybridized carbons (Fsp3) is 1.00. The van der Waals surface area contributed by atoms with E-state index in [1.54, 1.807) is 0 Å². The molecule has 1 fully saturated rings. The zero-order valence-electron chi connectivity index (χ0n) is 7.89. The van der Waals surface area contributed by atoms with Crippen molar-refractivity contribution in [1.82, 2.24) is 0 Å². The predicted molar refractivity (Wildman–Crippen MR) is 44.4 cm³/mol. The van der Waals surface area contributed by atoms with Crippen LogP contribution in [0.2, 0.25) is 0 Å². The molecule has 1 aliphatic heterocycles. The van der Waals surface area contributed by atoms with Crippen LogP contribution < -0.4 is 0 Å². The quantitative estimate of drug-likeness (QED) is 0.613. The molecule has 0 radical (unpaired) electrons. The molecular weight excluding hydrogens is 140 g/mol. The van der Waals surface area contributed by atoms with Gasteiger partial charge in [-0.3, -0.25) is 0 Å². The maximum atomic E-state index is 5.68. The first-order chi connectivity index (χ1) is 5.05. The highest BCUT2D eigenvalue weighted by atomic mass is 16.7. The summed E-state index contributed by atoms with van der Waals surface area (Å²) in [4.78, 5) is 0. The molecule has 2 nitrogen and oxygen atoms in total. The monoisotopic (exact) mass is 158 g/mol. The topological polar surface area (TPSA) is 18.5 Å². The Morgan fingerprint density at radius 1 is 1.55 bits per heavy atom. The van der Waals surface area contributed by atoms with Crippen LogP contribution in [0, 0.1) is 5.92 Å². The second-order valence-electron chi connectivity index (χ2n) is 3.75. The molecule has 0 aromatic heterocycles. The van der Waals surface area contributed by atoms with Crippen molar-refractivity contribution in [2.75, 3.05) is 6.61 Å². The maximum absolute atomic E-state index is 5.68. The van der Waals surface area contributed by atoms with Crippen LogP contribution in [0.25, 0.3) is 0 Å².